The lowest BCUT2D eigenvalue weighted by atomic mass is 10.0. The summed E-state index contributed by atoms with van der Waals surface area (Å²) in [4.78, 5) is 26.7. The number of rotatable bonds is 9. The van der Waals surface area contributed by atoms with Crippen molar-refractivity contribution in [3.05, 3.63) is 59.7 Å². The van der Waals surface area contributed by atoms with Gasteiger partial charge in [0.05, 0.1) is 14.2 Å². The lowest BCUT2D eigenvalue weighted by Gasteiger charge is -2.35. The number of ether oxygens (including phenoxy) is 3. The van der Waals surface area contributed by atoms with Crippen LogP contribution in [0.4, 0.5) is 0 Å². The highest BCUT2D eigenvalue weighted by molar-refractivity contribution is 5.81. The van der Waals surface area contributed by atoms with Crippen LogP contribution in [0.25, 0.3) is 0 Å². The van der Waals surface area contributed by atoms with Crippen LogP contribution < -0.4 is 9.47 Å². The summed E-state index contributed by atoms with van der Waals surface area (Å²) in [6.45, 7) is 6.07. The SMILES string of the molecule is COc1cccc(CCC(=O)OCC(=O)N(Cc2ccccc2)C(C)(C)C)c1OC. The number of esters is 1. The van der Waals surface area contributed by atoms with Gasteiger partial charge in [0.25, 0.3) is 5.91 Å². The second-order valence-corrected chi connectivity index (χ2v) is 7.95. The van der Waals surface area contributed by atoms with E-state index in [1.807, 2.05) is 63.2 Å². The van der Waals surface area contributed by atoms with Crippen LogP contribution in [0, 0.1) is 0 Å². The predicted octanol–water partition coefficient (Wildman–Crippen LogP) is 4.01. The van der Waals surface area contributed by atoms with E-state index < -0.39 is 11.5 Å². The third-order valence-electron chi connectivity index (χ3n) is 4.73. The van der Waals surface area contributed by atoms with Gasteiger partial charge >= 0.3 is 5.97 Å². The van der Waals surface area contributed by atoms with Crippen molar-refractivity contribution >= 4 is 11.9 Å². The van der Waals surface area contributed by atoms with E-state index in [1.165, 1.54) is 0 Å². The Hall–Kier alpha value is -3.02. The van der Waals surface area contributed by atoms with Crippen LogP contribution in [0.5, 0.6) is 11.5 Å². The van der Waals surface area contributed by atoms with Crippen molar-refractivity contribution in [2.45, 2.75) is 45.7 Å². The number of carbonyl (C=O) groups is 2. The molecule has 0 aromatic heterocycles. The summed E-state index contributed by atoms with van der Waals surface area (Å²) in [5.41, 5.74) is 1.48. The summed E-state index contributed by atoms with van der Waals surface area (Å²) < 4.78 is 15.9. The summed E-state index contributed by atoms with van der Waals surface area (Å²) in [7, 11) is 3.13. The van der Waals surface area contributed by atoms with Crippen molar-refractivity contribution in [2.24, 2.45) is 0 Å². The summed E-state index contributed by atoms with van der Waals surface area (Å²) in [6, 6.07) is 15.3. The Labute approximate surface area is 178 Å². The molecular weight excluding hydrogens is 382 g/mol. The molecule has 0 saturated carbocycles. The molecule has 2 aromatic carbocycles. The molecule has 0 aliphatic carbocycles. The van der Waals surface area contributed by atoms with E-state index in [4.69, 9.17) is 14.2 Å². The van der Waals surface area contributed by atoms with Gasteiger partial charge < -0.3 is 19.1 Å². The lowest BCUT2D eigenvalue weighted by Crippen LogP contribution is -2.46. The first-order chi connectivity index (χ1) is 14.3. The van der Waals surface area contributed by atoms with Gasteiger partial charge in [0.15, 0.2) is 18.1 Å². The number of hydrogen-bond acceptors (Lipinski definition) is 5. The second kappa shape index (κ2) is 10.7. The molecule has 0 unspecified atom stereocenters. The summed E-state index contributed by atoms with van der Waals surface area (Å²) in [6.07, 6.45) is 0.575. The fourth-order valence-electron chi connectivity index (χ4n) is 3.15. The Morgan fingerprint density at radius 3 is 2.23 bits per heavy atom. The van der Waals surface area contributed by atoms with Crippen LogP contribution in [0.3, 0.4) is 0 Å². The van der Waals surface area contributed by atoms with Gasteiger partial charge in [-0.1, -0.05) is 42.5 Å². The van der Waals surface area contributed by atoms with Crippen LogP contribution in [0.1, 0.15) is 38.3 Å². The molecular formula is C24H31NO5. The molecule has 0 fully saturated rings. The fourth-order valence-corrected chi connectivity index (χ4v) is 3.15. The minimum atomic E-state index is -0.429. The predicted molar refractivity (Wildman–Crippen MR) is 116 cm³/mol. The smallest absolute Gasteiger partial charge is 0.306 e. The van der Waals surface area contributed by atoms with Crippen molar-refractivity contribution in [3.63, 3.8) is 0 Å². The van der Waals surface area contributed by atoms with Crippen molar-refractivity contribution < 1.29 is 23.8 Å². The minimum Gasteiger partial charge on any atom is -0.493 e. The Kier molecular flexibility index (Phi) is 8.27. The first kappa shape index (κ1) is 23.3. The van der Waals surface area contributed by atoms with E-state index in [9.17, 15) is 9.59 Å². The lowest BCUT2D eigenvalue weighted by molar-refractivity contribution is -0.154. The second-order valence-electron chi connectivity index (χ2n) is 7.95. The van der Waals surface area contributed by atoms with Crippen LogP contribution in [0.15, 0.2) is 48.5 Å². The van der Waals surface area contributed by atoms with Gasteiger partial charge in [-0.15, -0.1) is 0 Å². The van der Waals surface area contributed by atoms with E-state index in [0.717, 1.165) is 11.1 Å². The largest absolute Gasteiger partial charge is 0.493 e. The molecule has 162 valence electrons. The number of benzene rings is 2. The number of methoxy groups -OCH3 is 2. The Bertz CT molecular complexity index is 842. The average Bonchev–Trinajstić information content (AvgIpc) is 2.73. The standard InChI is InChI=1S/C24H31NO5/c1-24(2,3)25(16-18-10-7-6-8-11-18)21(26)17-30-22(27)15-14-19-12-9-13-20(28-4)23(19)29-5/h6-13H,14-17H2,1-5H3. The van der Waals surface area contributed by atoms with Crippen LogP contribution in [-0.2, 0) is 27.3 Å². The van der Waals surface area contributed by atoms with Gasteiger partial charge in [-0.05, 0) is 44.4 Å². The third kappa shape index (κ3) is 6.51. The first-order valence-corrected chi connectivity index (χ1v) is 9.96. The molecule has 6 nitrogen and oxygen atoms in total. The molecule has 0 spiro atoms. The third-order valence-corrected chi connectivity index (χ3v) is 4.73. The average molecular weight is 414 g/mol. The van der Waals surface area contributed by atoms with Crippen molar-refractivity contribution in [3.8, 4) is 11.5 Å². The van der Waals surface area contributed by atoms with Crippen LogP contribution >= 0.6 is 0 Å². The number of aryl methyl sites for hydroxylation is 1. The zero-order valence-corrected chi connectivity index (χ0v) is 18.4. The molecule has 0 atom stereocenters. The summed E-state index contributed by atoms with van der Waals surface area (Å²) in [5, 5.41) is 0. The van der Waals surface area contributed by atoms with Crippen molar-refractivity contribution in [2.75, 3.05) is 20.8 Å². The highest BCUT2D eigenvalue weighted by Crippen LogP contribution is 2.31. The molecule has 0 saturated heterocycles. The molecule has 0 N–H and O–H groups in total. The molecule has 6 heteroatoms. The summed E-state index contributed by atoms with van der Waals surface area (Å²) in [5.74, 6) is 0.561. The molecule has 2 aromatic rings. The number of para-hydroxylation sites is 1. The Morgan fingerprint density at radius 2 is 1.63 bits per heavy atom. The molecule has 0 aliphatic heterocycles. The topological polar surface area (TPSA) is 65.1 Å². The molecule has 30 heavy (non-hydrogen) atoms. The molecule has 0 heterocycles. The zero-order chi connectivity index (χ0) is 22.1. The monoisotopic (exact) mass is 413 g/mol. The van der Waals surface area contributed by atoms with Crippen molar-refractivity contribution in [1.82, 2.24) is 4.90 Å². The van der Waals surface area contributed by atoms with Gasteiger partial charge in [0, 0.05) is 18.5 Å². The fraction of sp³-hybridized carbons (Fsp3) is 0.417. The van der Waals surface area contributed by atoms with E-state index >= 15 is 0 Å². The van der Waals surface area contributed by atoms with E-state index in [0.29, 0.717) is 24.5 Å². The highest BCUT2D eigenvalue weighted by atomic mass is 16.5. The first-order valence-electron chi connectivity index (χ1n) is 9.96. The quantitative estimate of drug-likeness (QED) is 0.581. The molecule has 0 radical (unpaired) electrons. The van der Waals surface area contributed by atoms with Gasteiger partial charge in [-0.2, -0.15) is 0 Å². The van der Waals surface area contributed by atoms with Gasteiger partial charge in [-0.25, -0.2) is 0 Å². The normalized spacial score (nSPS) is 11.0. The Morgan fingerprint density at radius 1 is 0.933 bits per heavy atom. The van der Waals surface area contributed by atoms with Gasteiger partial charge in [-0.3, -0.25) is 9.59 Å². The summed E-state index contributed by atoms with van der Waals surface area (Å²) >= 11 is 0. The Balaban J connectivity index is 1.93. The highest BCUT2D eigenvalue weighted by Gasteiger charge is 2.27. The van der Waals surface area contributed by atoms with E-state index in [2.05, 4.69) is 0 Å². The van der Waals surface area contributed by atoms with Gasteiger partial charge in [0.1, 0.15) is 0 Å². The van der Waals surface area contributed by atoms with Crippen molar-refractivity contribution in [1.29, 1.82) is 0 Å². The van der Waals surface area contributed by atoms with Gasteiger partial charge in [0.2, 0.25) is 0 Å². The molecule has 0 aliphatic rings. The number of amides is 1. The number of nitrogens with zero attached hydrogens (tertiary/aromatic N) is 1. The maximum atomic E-state index is 12.8. The van der Waals surface area contributed by atoms with Crippen LogP contribution in [0.2, 0.25) is 0 Å². The minimum absolute atomic E-state index is 0.144. The van der Waals surface area contributed by atoms with Crippen LogP contribution in [-0.4, -0.2) is 43.1 Å². The molecule has 1 amide bonds. The maximum Gasteiger partial charge on any atom is 0.306 e. The zero-order valence-electron chi connectivity index (χ0n) is 18.4. The van der Waals surface area contributed by atoms with E-state index in [1.54, 1.807) is 25.2 Å². The van der Waals surface area contributed by atoms with E-state index in [-0.39, 0.29) is 18.9 Å². The number of carbonyl (C=O) groups excluding carboxylic acids is 2. The maximum absolute atomic E-state index is 12.8. The number of hydrogen-bond donors (Lipinski definition) is 0. The molecule has 2 rings (SSSR count). The molecule has 0 bridgehead atoms.